The molecule has 1 aliphatic heterocycles. The third-order valence-electron chi connectivity index (χ3n) is 3.75. The van der Waals surface area contributed by atoms with Gasteiger partial charge in [0.15, 0.2) is 0 Å². The summed E-state index contributed by atoms with van der Waals surface area (Å²) in [4.78, 5) is 0. The van der Waals surface area contributed by atoms with Gasteiger partial charge in [0.05, 0.1) is 12.8 Å². The summed E-state index contributed by atoms with van der Waals surface area (Å²) in [5, 5.41) is 4.40. The van der Waals surface area contributed by atoms with E-state index in [4.69, 9.17) is 4.74 Å². The zero-order valence-electron chi connectivity index (χ0n) is 13.0. The molecule has 1 heterocycles. The van der Waals surface area contributed by atoms with E-state index in [-0.39, 0.29) is 5.41 Å². The van der Waals surface area contributed by atoms with Gasteiger partial charge in [-0.3, -0.25) is 0 Å². The van der Waals surface area contributed by atoms with Crippen LogP contribution in [0.1, 0.15) is 33.6 Å². The summed E-state index contributed by atoms with van der Waals surface area (Å²) < 4.78 is 18.3. The van der Waals surface area contributed by atoms with Crippen molar-refractivity contribution >= 4 is 18.1 Å². The smallest absolute Gasteiger partial charge is 0.142 e. The van der Waals surface area contributed by atoms with Crippen molar-refractivity contribution in [3.63, 3.8) is 0 Å². The van der Waals surface area contributed by atoms with Crippen molar-refractivity contribution in [1.82, 2.24) is 0 Å². The molecule has 1 saturated heterocycles. The molecule has 3 nitrogen and oxygen atoms in total. The number of benzene rings is 1. The summed E-state index contributed by atoms with van der Waals surface area (Å²) in [6.45, 7) is 7.45. The average molecular weight is 295 g/mol. The Morgan fingerprint density at radius 2 is 1.90 bits per heavy atom. The van der Waals surface area contributed by atoms with E-state index in [0.717, 1.165) is 48.5 Å². The van der Waals surface area contributed by atoms with Crippen molar-refractivity contribution in [2.24, 2.45) is 5.41 Å². The number of methoxy groups -OCH3 is 1. The molecule has 4 heteroatoms. The highest BCUT2D eigenvalue weighted by Crippen LogP contribution is 2.51. The molecule has 20 heavy (non-hydrogen) atoms. The Balaban J connectivity index is 2.22. The summed E-state index contributed by atoms with van der Waals surface area (Å²) in [6, 6.07) is 5.99. The molecular formula is C16H26NO2P. The highest BCUT2D eigenvalue weighted by atomic mass is 31.2. The molecule has 0 amide bonds. The van der Waals surface area contributed by atoms with Gasteiger partial charge in [0.2, 0.25) is 0 Å². The van der Waals surface area contributed by atoms with Crippen LogP contribution < -0.4 is 15.4 Å². The van der Waals surface area contributed by atoms with E-state index in [1.165, 1.54) is 0 Å². The third-order valence-corrected chi connectivity index (χ3v) is 7.05. The molecule has 0 aliphatic carbocycles. The molecule has 0 aromatic heterocycles. The Morgan fingerprint density at radius 3 is 2.45 bits per heavy atom. The number of hydrogen-bond acceptors (Lipinski definition) is 3. The molecule has 0 bridgehead atoms. The second kappa shape index (κ2) is 5.81. The predicted molar refractivity (Wildman–Crippen MR) is 87.1 cm³/mol. The van der Waals surface area contributed by atoms with Crippen LogP contribution in [0.25, 0.3) is 0 Å². The molecule has 0 saturated carbocycles. The fourth-order valence-electron chi connectivity index (χ4n) is 2.54. The Hall–Kier alpha value is -0.950. The maximum absolute atomic E-state index is 12.8. The van der Waals surface area contributed by atoms with Gasteiger partial charge in [0.25, 0.3) is 0 Å². The van der Waals surface area contributed by atoms with E-state index in [0.29, 0.717) is 0 Å². The molecule has 112 valence electrons. The van der Waals surface area contributed by atoms with Gasteiger partial charge in [-0.1, -0.05) is 20.8 Å². The van der Waals surface area contributed by atoms with E-state index >= 15 is 0 Å². The third kappa shape index (κ3) is 3.58. The Labute approximate surface area is 122 Å². The van der Waals surface area contributed by atoms with Crippen LogP contribution in [0.15, 0.2) is 18.2 Å². The van der Waals surface area contributed by atoms with Gasteiger partial charge in [0, 0.05) is 24.2 Å². The first-order chi connectivity index (χ1) is 9.34. The van der Waals surface area contributed by atoms with Crippen LogP contribution in [0.5, 0.6) is 5.75 Å². The summed E-state index contributed by atoms with van der Waals surface area (Å²) in [7, 11) is -0.469. The van der Waals surface area contributed by atoms with Crippen LogP contribution in [-0.4, -0.2) is 26.0 Å². The van der Waals surface area contributed by atoms with Crippen molar-refractivity contribution in [2.45, 2.75) is 33.6 Å². The standard InChI is InChI=1S/C16H26NO2P/c1-16(2,3)12-17-14-8-7-13(11-15(14)19-4)20(18)9-5-6-10-20/h7-8,11,17H,5-6,9-10,12H2,1-4H3. The zero-order valence-corrected chi connectivity index (χ0v) is 13.9. The van der Waals surface area contributed by atoms with Crippen LogP contribution in [0.2, 0.25) is 0 Å². The van der Waals surface area contributed by atoms with E-state index in [1.807, 2.05) is 18.2 Å². The summed E-state index contributed by atoms with van der Waals surface area (Å²) in [6.07, 6.45) is 3.88. The van der Waals surface area contributed by atoms with Crippen molar-refractivity contribution in [2.75, 3.05) is 31.3 Å². The lowest BCUT2D eigenvalue weighted by Gasteiger charge is -2.21. The van der Waals surface area contributed by atoms with Crippen molar-refractivity contribution < 1.29 is 9.30 Å². The lowest BCUT2D eigenvalue weighted by atomic mass is 9.97. The number of anilines is 1. The van der Waals surface area contributed by atoms with Crippen LogP contribution in [0, 0.1) is 5.41 Å². The number of hydrogen-bond donors (Lipinski definition) is 1. The second-order valence-electron chi connectivity index (χ2n) is 6.84. The molecule has 1 aromatic rings. The lowest BCUT2D eigenvalue weighted by molar-refractivity contribution is 0.413. The SMILES string of the molecule is COc1cc(P2(=O)CCCC2)ccc1NCC(C)(C)C. The van der Waals surface area contributed by atoms with Crippen LogP contribution in [-0.2, 0) is 4.57 Å². The maximum Gasteiger partial charge on any atom is 0.142 e. The van der Waals surface area contributed by atoms with E-state index in [2.05, 4.69) is 26.1 Å². The normalized spacial score (nSPS) is 18.0. The number of rotatable bonds is 4. The second-order valence-corrected chi connectivity index (χ2v) is 10.0. The minimum Gasteiger partial charge on any atom is -0.495 e. The van der Waals surface area contributed by atoms with Gasteiger partial charge >= 0.3 is 0 Å². The molecule has 1 aromatic carbocycles. The van der Waals surface area contributed by atoms with Gasteiger partial charge in [-0.05, 0) is 36.5 Å². The topological polar surface area (TPSA) is 38.3 Å². The van der Waals surface area contributed by atoms with Crippen LogP contribution in [0.3, 0.4) is 0 Å². The largest absolute Gasteiger partial charge is 0.495 e. The van der Waals surface area contributed by atoms with Crippen molar-refractivity contribution in [3.05, 3.63) is 18.2 Å². The minimum atomic E-state index is -2.14. The molecule has 2 rings (SSSR count). The van der Waals surface area contributed by atoms with Crippen LogP contribution in [0.4, 0.5) is 5.69 Å². The molecule has 0 radical (unpaired) electrons. The Kier molecular flexibility index (Phi) is 4.49. The highest BCUT2D eigenvalue weighted by molar-refractivity contribution is 7.71. The number of nitrogens with one attached hydrogen (secondary N) is 1. The average Bonchev–Trinajstić information content (AvgIpc) is 2.83. The fraction of sp³-hybridized carbons (Fsp3) is 0.625. The van der Waals surface area contributed by atoms with Gasteiger partial charge in [-0.25, -0.2) is 0 Å². The maximum atomic E-state index is 12.8. The minimum absolute atomic E-state index is 0.210. The summed E-state index contributed by atoms with van der Waals surface area (Å²) >= 11 is 0. The Bertz CT molecular complexity index is 510. The van der Waals surface area contributed by atoms with Crippen molar-refractivity contribution in [3.8, 4) is 5.75 Å². The lowest BCUT2D eigenvalue weighted by Crippen LogP contribution is -2.19. The fourth-order valence-corrected chi connectivity index (χ4v) is 5.45. The first-order valence-corrected chi connectivity index (χ1v) is 9.42. The molecule has 0 unspecified atom stereocenters. The highest BCUT2D eigenvalue weighted by Gasteiger charge is 2.29. The molecule has 1 fully saturated rings. The van der Waals surface area contributed by atoms with Gasteiger partial charge < -0.3 is 14.6 Å². The first-order valence-electron chi connectivity index (χ1n) is 7.35. The Morgan fingerprint density at radius 1 is 1.25 bits per heavy atom. The first kappa shape index (κ1) is 15.4. The van der Waals surface area contributed by atoms with Gasteiger partial charge in [-0.2, -0.15) is 0 Å². The van der Waals surface area contributed by atoms with E-state index in [1.54, 1.807) is 7.11 Å². The summed E-state index contributed by atoms with van der Waals surface area (Å²) in [5.41, 5.74) is 1.19. The van der Waals surface area contributed by atoms with E-state index in [9.17, 15) is 4.57 Å². The van der Waals surface area contributed by atoms with Crippen LogP contribution >= 0.6 is 7.14 Å². The predicted octanol–water partition coefficient (Wildman–Crippen LogP) is 3.94. The van der Waals surface area contributed by atoms with Crippen molar-refractivity contribution in [1.29, 1.82) is 0 Å². The molecular weight excluding hydrogens is 269 g/mol. The molecule has 0 spiro atoms. The monoisotopic (exact) mass is 295 g/mol. The van der Waals surface area contributed by atoms with E-state index < -0.39 is 7.14 Å². The molecule has 1 aliphatic rings. The summed E-state index contributed by atoms with van der Waals surface area (Å²) in [5.74, 6) is 0.800. The molecule has 1 N–H and O–H groups in total. The van der Waals surface area contributed by atoms with Gasteiger partial charge in [0.1, 0.15) is 12.9 Å². The molecule has 0 atom stereocenters. The number of ether oxygens (including phenoxy) is 1. The van der Waals surface area contributed by atoms with Gasteiger partial charge in [-0.15, -0.1) is 0 Å². The zero-order chi connectivity index (χ0) is 14.8. The quantitative estimate of drug-likeness (QED) is 0.855.